The first kappa shape index (κ1) is 24.4. The van der Waals surface area contributed by atoms with Gasteiger partial charge in [0.1, 0.15) is 15.5 Å². The molecule has 2 N–H and O–H groups in total. The minimum atomic E-state index is -0.811. The maximum atomic E-state index is 13.2. The zero-order valence-corrected chi connectivity index (χ0v) is 20.5. The second kappa shape index (κ2) is 10.1. The first-order valence-electron chi connectivity index (χ1n) is 9.10. The summed E-state index contributed by atoms with van der Waals surface area (Å²) in [5.74, 6) is -1.19. The van der Waals surface area contributed by atoms with Gasteiger partial charge in [0.15, 0.2) is 11.5 Å². The fourth-order valence-electron chi connectivity index (χ4n) is 2.73. The number of amides is 3. The first-order chi connectivity index (χ1) is 15.6. The lowest BCUT2D eigenvalue weighted by atomic mass is 10.1. The molecule has 3 amide bonds. The van der Waals surface area contributed by atoms with Crippen LogP contribution in [0.5, 0.6) is 0 Å². The van der Waals surface area contributed by atoms with Gasteiger partial charge in [0.05, 0.1) is 17.8 Å². The average molecular weight is 557 g/mol. The second-order valence-electron chi connectivity index (χ2n) is 6.48. The van der Waals surface area contributed by atoms with Gasteiger partial charge in [-0.3, -0.25) is 15.0 Å². The van der Waals surface area contributed by atoms with Gasteiger partial charge >= 0.3 is 6.09 Å². The molecule has 0 bridgehead atoms. The highest BCUT2D eigenvalue weighted by Crippen LogP contribution is 2.25. The SMILES string of the molecule is COC(=O)N(C)NC(=O)c1nc(Cl)cc(C)c1NC(=O)c1cc(Br)nn1-c1ncccc1Cl. The summed E-state index contributed by atoms with van der Waals surface area (Å²) in [6.45, 7) is 1.63. The van der Waals surface area contributed by atoms with Crippen LogP contribution in [0.4, 0.5) is 10.5 Å². The normalized spacial score (nSPS) is 10.5. The quantitative estimate of drug-likeness (QED) is 0.370. The standard InChI is InChI=1S/C19H16BrCl2N7O4/c1-9-7-13(22)24-15(18(31)27-28(2)19(32)33-3)14(9)25-17(30)11-8-12(20)26-29(11)16-10(21)5-4-6-23-16/h4-8H,1-3H3,(H,25,30)(H,27,31). The number of ether oxygens (including phenoxy) is 1. The smallest absolute Gasteiger partial charge is 0.428 e. The van der Waals surface area contributed by atoms with Gasteiger partial charge in [0, 0.05) is 19.3 Å². The number of hydrogen-bond acceptors (Lipinski definition) is 7. The monoisotopic (exact) mass is 555 g/mol. The topological polar surface area (TPSA) is 131 Å². The third kappa shape index (κ3) is 5.41. The Balaban J connectivity index is 1.98. The Labute approximate surface area is 206 Å². The van der Waals surface area contributed by atoms with E-state index < -0.39 is 17.9 Å². The number of methoxy groups -OCH3 is 1. The van der Waals surface area contributed by atoms with Crippen molar-refractivity contribution in [1.82, 2.24) is 30.2 Å². The molecule has 0 aliphatic rings. The van der Waals surface area contributed by atoms with Crippen LogP contribution in [0.25, 0.3) is 5.82 Å². The number of hydrogen-bond donors (Lipinski definition) is 2. The maximum Gasteiger partial charge on any atom is 0.428 e. The van der Waals surface area contributed by atoms with Gasteiger partial charge in [0.25, 0.3) is 11.8 Å². The Morgan fingerprint density at radius 3 is 2.61 bits per heavy atom. The number of anilines is 1. The number of rotatable bonds is 4. The molecule has 172 valence electrons. The van der Waals surface area contributed by atoms with E-state index in [0.717, 1.165) is 12.1 Å². The fourth-order valence-corrected chi connectivity index (χ4v) is 3.55. The van der Waals surface area contributed by atoms with Crippen LogP contribution in [0.3, 0.4) is 0 Å². The van der Waals surface area contributed by atoms with Crippen LogP contribution in [-0.4, -0.2) is 56.8 Å². The molecule has 0 atom stereocenters. The van der Waals surface area contributed by atoms with E-state index in [9.17, 15) is 14.4 Å². The van der Waals surface area contributed by atoms with E-state index in [0.29, 0.717) is 10.2 Å². The van der Waals surface area contributed by atoms with Gasteiger partial charge in [-0.2, -0.15) is 5.10 Å². The van der Waals surface area contributed by atoms with E-state index >= 15 is 0 Å². The Kier molecular flexibility index (Phi) is 7.51. The Hall–Kier alpha value is -3.22. The molecule has 3 aromatic heterocycles. The predicted molar refractivity (Wildman–Crippen MR) is 124 cm³/mol. The van der Waals surface area contributed by atoms with Crippen molar-refractivity contribution >= 4 is 62.7 Å². The lowest BCUT2D eigenvalue weighted by Crippen LogP contribution is -2.43. The van der Waals surface area contributed by atoms with Crippen molar-refractivity contribution in [2.75, 3.05) is 19.5 Å². The number of nitrogens with zero attached hydrogens (tertiary/aromatic N) is 5. The minimum Gasteiger partial charge on any atom is -0.452 e. The maximum absolute atomic E-state index is 13.2. The molecular weight excluding hydrogens is 541 g/mol. The van der Waals surface area contributed by atoms with Gasteiger partial charge in [-0.1, -0.05) is 23.2 Å². The molecule has 0 unspecified atom stereocenters. The van der Waals surface area contributed by atoms with Crippen molar-refractivity contribution in [3.8, 4) is 5.82 Å². The number of carbonyl (C=O) groups excluding carboxylic acids is 3. The summed E-state index contributed by atoms with van der Waals surface area (Å²) in [6.07, 6.45) is 0.695. The van der Waals surface area contributed by atoms with Gasteiger partial charge in [0.2, 0.25) is 0 Å². The molecule has 0 radical (unpaired) electrons. The summed E-state index contributed by atoms with van der Waals surface area (Å²) < 4.78 is 6.16. The van der Waals surface area contributed by atoms with Crippen LogP contribution < -0.4 is 10.7 Å². The molecule has 11 nitrogen and oxygen atoms in total. The van der Waals surface area contributed by atoms with E-state index in [-0.39, 0.29) is 33.1 Å². The lowest BCUT2D eigenvalue weighted by Gasteiger charge is -2.18. The van der Waals surface area contributed by atoms with Crippen LogP contribution in [0, 0.1) is 6.92 Å². The van der Waals surface area contributed by atoms with Crippen LogP contribution in [0.15, 0.2) is 35.1 Å². The molecule has 0 saturated carbocycles. The number of nitrogens with one attached hydrogen (secondary N) is 2. The summed E-state index contributed by atoms with van der Waals surface area (Å²) >= 11 is 15.5. The molecule has 3 heterocycles. The molecule has 0 spiro atoms. The van der Waals surface area contributed by atoms with Crippen LogP contribution in [0.2, 0.25) is 10.2 Å². The van der Waals surface area contributed by atoms with Crippen molar-refractivity contribution in [2.24, 2.45) is 0 Å². The van der Waals surface area contributed by atoms with Crippen LogP contribution in [0.1, 0.15) is 26.5 Å². The van der Waals surface area contributed by atoms with Gasteiger partial charge in [-0.25, -0.2) is 24.5 Å². The molecule has 0 saturated heterocycles. The molecule has 0 aromatic carbocycles. The van der Waals surface area contributed by atoms with E-state index in [2.05, 4.69) is 46.5 Å². The van der Waals surface area contributed by atoms with Crippen molar-refractivity contribution in [3.05, 3.63) is 62.2 Å². The molecule has 0 aliphatic carbocycles. The lowest BCUT2D eigenvalue weighted by molar-refractivity contribution is 0.0762. The summed E-state index contributed by atoms with van der Waals surface area (Å²) in [5, 5.41) is 7.99. The third-order valence-electron chi connectivity index (χ3n) is 4.21. The van der Waals surface area contributed by atoms with E-state index in [1.54, 1.807) is 19.1 Å². The van der Waals surface area contributed by atoms with Crippen molar-refractivity contribution in [2.45, 2.75) is 6.92 Å². The van der Waals surface area contributed by atoms with Crippen molar-refractivity contribution < 1.29 is 19.1 Å². The molecular formula is C19H16BrCl2N7O4. The Bertz CT molecular complexity index is 1250. The highest BCUT2D eigenvalue weighted by molar-refractivity contribution is 9.10. The van der Waals surface area contributed by atoms with Gasteiger partial charge in [-0.15, -0.1) is 0 Å². The van der Waals surface area contributed by atoms with E-state index in [4.69, 9.17) is 23.2 Å². The number of carbonyl (C=O) groups is 3. The Morgan fingerprint density at radius 2 is 1.94 bits per heavy atom. The summed E-state index contributed by atoms with van der Waals surface area (Å²) in [7, 11) is 2.44. The average Bonchev–Trinajstić information content (AvgIpc) is 3.16. The van der Waals surface area contributed by atoms with Crippen molar-refractivity contribution in [1.29, 1.82) is 0 Å². The summed E-state index contributed by atoms with van der Waals surface area (Å²) in [5.41, 5.74) is 2.69. The molecule has 33 heavy (non-hydrogen) atoms. The predicted octanol–water partition coefficient (Wildman–Crippen LogP) is 3.64. The first-order valence-corrected chi connectivity index (χ1v) is 10.6. The minimum absolute atomic E-state index is 0.0180. The van der Waals surface area contributed by atoms with Crippen LogP contribution >= 0.6 is 39.1 Å². The molecule has 3 aromatic rings. The molecule has 14 heteroatoms. The highest BCUT2D eigenvalue weighted by Gasteiger charge is 2.24. The molecule has 3 rings (SSSR count). The number of aromatic nitrogens is 4. The Morgan fingerprint density at radius 1 is 1.21 bits per heavy atom. The summed E-state index contributed by atoms with van der Waals surface area (Å²) in [6, 6.07) is 6.18. The number of halogens is 3. The third-order valence-corrected chi connectivity index (χ3v) is 5.08. The van der Waals surface area contributed by atoms with Gasteiger partial charge < -0.3 is 10.1 Å². The van der Waals surface area contributed by atoms with E-state index in [1.165, 1.54) is 30.1 Å². The number of hydrazine groups is 1. The molecule has 0 fully saturated rings. The van der Waals surface area contributed by atoms with Gasteiger partial charge in [-0.05, 0) is 46.6 Å². The molecule has 0 aliphatic heterocycles. The largest absolute Gasteiger partial charge is 0.452 e. The van der Waals surface area contributed by atoms with Crippen LogP contribution in [-0.2, 0) is 4.74 Å². The highest BCUT2D eigenvalue weighted by atomic mass is 79.9. The van der Waals surface area contributed by atoms with Crippen molar-refractivity contribution in [3.63, 3.8) is 0 Å². The second-order valence-corrected chi connectivity index (χ2v) is 8.09. The summed E-state index contributed by atoms with van der Waals surface area (Å²) in [4.78, 5) is 45.7. The number of aryl methyl sites for hydroxylation is 1. The fraction of sp³-hybridized carbons (Fsp3) is 0.158. The number of pyridine rings is 2. The zero-order chi connectivity index (χ0) is 24.3. The van der Waals surface area contributed by atoms with E-state index in [1.807, 2.05) is 0 Å². The zero-order valence-electron chi connectivity index (χ0n) is 17.4.